The minimum absolute atomic E-state index is 0.0668. The SMILES string of the molecule is O=C1NC(=S)N(c2ccccc2)C(=O)[C@H]1C=Nc1ccc(Nc2ccccc2)cc1. The number of rotatable bonds is 5. The van der Waals surface area contributed by atoms with Crippen LogP contribution in [-0.2, 0) is 9.59 Å². The van der Waals surface area contributed by atoms with Gasteiger partial charge in [0.25, 0.3) is 5.91 Å². The fourth-order valence-corrected chi connectivity index (χ4v) is 3.32. The minimum atomic E-state index is -1.06. The van der Waals surface area contributed by atoms with Crippen molar-refractivity contribution in [2.45, 2.75) is 0 Å². The lowest BCUT2D eigenvalue weighted by Crippen LogP contribution is -2.58. The molecule has 0 radical (unpaired) electrons. The zero-order chi connectivity index (χ0) is 20.9. The highest BCUT2D eigenvalue weighted by Gasteiger charge is 2.38. The van der Waals surface area contributed by atoms with Crippen LogP contribution in [0.5, 0.6) is 0 Å². The minimum Gasteiger partial charge on any atom is -0.356 e. The molecule has 3 aromatic carbocycles. The summed E-state index contributed by atoms with van der Waals surface area (Å²) in [7, 11) is 0. The molecule has 1 fully saturated rings. The van der Waals surface area contributed by atoms with Crippen molar-refractivity contribution in [2.75, 3.05) is 10.2 Å². The quantitative estimate of drug-likeness (QED) is 0.373. The van der Waals surface area contributed by atoms with Crippen LogP contribution in [0.3, 0.4) is 0 Å². The second kappa shape index (κ2) is 8.67. The molecule has 0 aromatic heterocycles. The van der Waals surface area contributed by atoms with E-state index in [1.54, 1.807) is 24.3 Å². The van der Waals surface area contributed by atoms with Gasteiger partial charge in [-0.3, -0.25) is 19.5 Å². The zero-order valence-electron chi connectivity index (χ0n) is 15.9. The third kappa shape index (κ3) is 4.26. The number of hydrogen-bond acceptors (Lipinski definition) is 5. The molecule has 6 nitrogen and oxygen atoms in total. The van der Waals surface area contributed by atoms with Gasteiger partial charge in [0.05, 0.1) is 11.4 Å². The van der Waals surface area contributed by atoms with E-state index in [0.29, 0.717) is 11.4 Å². The van der Waals surface area contributed by atoms with E-state index in [-0.39, 0.29) is 5.11 Å². The molecule has 7 heteroatoms. The van der Waals surface area contributed by atoms with Crippen LogP contribution < -0.4 is 15.5 Å². The van der Waals surface area contributed by atoms with Gasteiger partial charge >= 0.3 is 0 Å². The highest BCUT2D eigenvalue weighted by molar-refractivity contribution is 7.80. The number of amides is 2. The van der Waals surface area contributed by atoms with E-state index in [4.69, 9.17) is 12.2 Å². The normalized spacial score (nSPS) is 16.6. The van der Waals surface area contributed by atoms with E-state index >= 15 is 0 Å². The molecule has 148 valence electrons. The van der Waals surface area contributed by atoms with Gasteiger partial charge in [-0.1, -0.05) is 36.4 Å². The molecule has 2 N–H and O–H groups in total. The van der Waals surface area contributed by atoms with Crippen LogP contribution in [0.1, 0.15) is 0 Å². The van der Waals surface area contributed by atoms with Crippen molar-refractivity contribution in [3.63, 3.8) is 0 Å². The van der Waals surface area contributed by atoms with Crippen LogP contribution in [0, 0.1) is 5.92 Å². The molecule has 3 aromatic rings. The van der Waals surface area contributed by atoms with Gasteiger partial charge < -0.3 is 10.6 Å². The molecule has 1 heterocycles. The van der Waals surface area contributed by atoms with Gasteiger partial charge in [0.2, 0.25) is 5.91 Å². The standard InChI is InChI=1S/C23H18N4O2S/c28-21-20(22(29)27(23(30)26-21)19-9-5-2-6-10-19)15-24-16-11-13-18(14-12-16)25-17-7-3-1-4-8-17/h1-15,20,25H,(H,26,28,30)/t20-/m0/s1. The number of carbonyl (C=O) groups is 2. The number of aliphatic imine (C=N–C) groups is 1. The van der Waals surface area contributed by atoms with E-state index < -0.39 is 17.7 Å². The number of carbonyl (C=O) groups excluding carboxylic acids is 2. The van der Waals surface area contributed by atoms with Crippen LogP contribution >= 0.6 is 12.2 Å². The summed E-state index contributed by atoms with van der Waals surface area (Å²) in [4.78, 5) is 30.9. The maximum absolute atomic E-state index is 12.9. The Balaban J connectivity index is 1.49. The highest BCUT2D eigenvalue weighted by atomic mass is 32.1. The predicted octanol–water partition coefficient (Wildman–Crippen LogP) is 4.20. The Hall–Kier alpha value is -3.84. The number of para-hydroxylation sites is 2. The van der Waals surface area contributed by atoms with Gasteiger partial charge in [-0.05, 0) is 60.7 Å². The van der Waals surface area contributed by atoms with Crippen molar-refractivity contribution in [1.82, 2.24) is 5.32 Å². The summed E-state index contributed by atoms with van der Waals surface area (Å²) in [5.41, 5.74) is 3.12. The van der Waals surface area contributed by atoms with Gasteiger partial charge in [-0.2, -0.15) is 0 Å². The molecular weight excluding hydrogens is 396 g/mol. The maximum atomic E-state index is 12.9. The number of thiocarbonyl (C=S) groups is 1. The maximum Gasteiger partial charge on any atom is 0.251 e. The molecule has 4 rings (SSSR count). The molecular formula is C23H18N4O2S. The van der Waals surface area contributed by atoms with Crippen molar-refractivity contribution in [3.05, 3.63) is 84.9 Å². The number of nitrogens with one attached hydrogen (secondary N) is 2. The zero-order valence-corrected chi connectivity index (χ0v) is 16.7. The van der Waals surface area contributed by atoms with Crippen molar-refractivity contribution >= 4 is 58.1 Å². The number of anilines is 3. The summed E-state index contributed by atoms with van der Waals surface area (Å²) < 4.78 is 0. The monoisotopic (exact) mass is 414 g/mol. The Morgan fingerprint density at radius 2 is 1.47 bits per heavy atom. The van der Waals surface area contributed by atoms with Crippen molar-refractivity contribution in [3.8, 4) is 0 Å². The summed E-state index contributed by atoms with van der Waals surface area (Å²) in [5.74, 6) is -1.97. The first-order valence-corrected chi connectivity index (χ1v) is 9.73. The van der Waals surface area contributed by atoms with Gasteiger partial charge in [0, 0.05) is 17.6 Å². The fraction of sp³-hybridized carbons (Fsp3) is 0.0435. The molecule has 0 saturated carbocycles. The van der Waals surface area contributed by atoms with Crippen LogP contribution in [-0.4, -0.2) is 23.1 Å². The molecule has 0 aliphatic carbocycles. The first kappa shape index (κ1) is 19.5. The van der Waals surface area contributed by atoms with Gasteiger partial charge in [0.15, 0.2) is 11.0 Å². The second-order valence-corrected chi connectivity index (χ2v) is 6.98. The van der Waals surface area contributed by atoms with E-state index in [0.717, 1.165) is 11.4 Å². The molecule has 1 saturated heterocycles. The predicted molar refractivity (Wildman–Crippen MR) is 122 cm³/mol. The molecule has 1 aliphatic heterocycles. The summed E-state index contributed by atoms with van der Waals surface area (Å²) in [6, 6.07) is 26.2. The highest BCUT2D eigenvalue weighted by Crippen LogP contribution is 2.22. The summed E-state index contributed by atoms with van der Waals surface area (Å²) >= 11 is 5.18. The second-order valence-electron chi connectivity index (χ2n) is 6.60. The van der Waals surface area contributed by atoms with Crippen molar-refractivity contribution in [2.24, 2.45) is 10.9 Å². The molecule has 1 atom stereocenters. The van der Waals surface area contributed by atoms with E-state index in [2.05, 4.69) is 15.6 Å². The van der Waals surface area contributed by atoms with Crippen molar-refractivity contribution < 1.29 is 9.59 Å². The Labute approximate surface area is 179 Å². The third-order valence-corrected chi connectivity index (χ3v) is 4.80. The van der Waals surface area contributed by atoms with E-state index in [1.165, 1.54) is 11.1 Å². The van der Waals surface area contributed by atoms with Gasteiger partial charge in [-0.25, -0.2) is 0 Å². The smallest absolute Gasteiger partial charge is 0.251 e. The lowest BCUT2D eigenvalue weighted by Gasteiger charge is -2.30. The summed E-state index contributed by atoms with van der Waals surface area (Å²) in [6.45, 7) is 0. The Bertz CT molecular complexity index is 1100. The topological polar surface area (TPSA) is 73.8 Å². The Kier molecular flexibility index (Phi) is 5.63. The first-order chi connectivity index (χ1) is 14.6. The number of nitrogens with zero attached hydrogens (tertiary/aromatic N) is 2. The Morgan fingerprint density at radius 1 is 0.867 bits per heavy atom. The lowest BCUT2D eigenvalue weighted by molar-refractivity contribution is -0.130. The van der Waals surface area contributed by atoms with Gasteiger partial charge in [0.1, 0.15) is 0 Å². The van der Waals surface area contributed by atoms with E-state index in [9.17, 15) is 9.59 Å². The average molecular weight is 414 g/mol. The van der Waals surface area contributed by atoms with Crippen LogP contribution in [0.4, 0.5) is 22.7 Å². The largest absolute Gasteiger partial charge is 0.356 e. The average Bonchev–Trinajstić information content (AvgIpc) is 2.76. The molecule has 0 spiro atoms. The molecule has 2 amide bonds. The molecule has 0 unspecified atom stereocenters. The lowest BCUT2D eigenvalue weighted by atomic mass is 10.1. The summed E-state index contributed by atoms with van der Waals surface area (Å²) in [6.07, 6.45) is 1.36. The molecule has 0 bridgehead atoms. The molecule has 1 aliphatic rings. The number of hydrogen-bond donors (Lipinski definition) is 2. The Morgan fingerprint density at radius 3 is 2.13 bits per heavy atom. The van der Waals surface area contributed by atoms with Crippen LogP contribution in [0.2, 0.25) is 0 Å². The van der Waals surface area contributed by atoms with Crippen LogP contribution in [0.25, 0.3) is 0 Å². The number of benzene rings is 3. The third-order valence-electron chi connectivity index (χ3n) is 4.52. The van der Waals surface area contributed by atoms with Crippen LogP contribution in [0.15, 0.2) is 89.9 Å². The van der Waals surface area contributed by atoms with Gasteiger partial charge in [-0.15, -0.1) is 0 Å². The molecule has 30 heavy (non-hydrogen) atoms. The first-order valence-electron chi connectivity index (χ1n) is 9.32. The van der Waals surface area contributed by atoms with E-state index in [1.807, 2.05) is 60.7 Å². The van der Waals surface area contributed by atoms with Crippen molar-refractivity contribution in [1.29, 1.82) is 0 Å². The summed E-state index contributed by atoms with van der Waals surface area (Å²) in [5, 5.41) is 5.93. The fourth-order valence-electron chi connectivity index (χ4n) is 3.02.